The Balaban J connectivity index is 1.13. The summed E-state index contributed by atoms with van der Waals surface area (Å²) in [5.41, 5.74) is 2.40. The fourth-order valence-electron chi connectivity index (χ4n) is 4.81. The summed E-state index contributed by atoms with van der Waals surface area (Å²) in [5, 5.41) is 10.6. The molecule has 6 rings (SSSR count). The molecular weight excluding hydrogens is 463 g/mol. The van der Waals surface area contributed by atoms with E-state index < -0.39 is 5.82 Å². The van der Waals surface area contributed by atoms with E-state index in [9.17, 15) is 14.3 Å². The molecule has 184 valence electrons. The molecule has 3 aromatic carbocycles. The predicted molar refractivity (Wildman–Crippen MR) is 131 cm³/mol. The van der Waals surface area contributed by atoms with Crippen LogP contribution in [0.4, 0.5) is 4.39 Å². The minimum absolute atomic E-state index is 0.0514. The number of piperazine rings is 1. The van der Waals surface area contributed by atoms with Crippen LogP contribution in [0.2, 0.25) is 0 Å². The van der Waals surface area contributed by atoms with Gasteiger partial charge in [-0.1, -0.05) is 24.3 Å². The normalized spacial score (nSPS) is 18.5. The number of hydrogen-bond acceptors (Lipinski definition) is 7. The molecule has 1 saturated heterocycles. The zero-order valence-electron chi connectivity index (χ0n) is 19.6. The van der Waals surface area contributed by atoms with Crippen LogP contribution in [0.25, 0.3) is 6.08 Å². The van der Waals surface area contributed by atoms with Crippen LogP contribution in [0, 0.1) is 5.82 Å². The first-order valence-electron chi connectivity index (χ1n) is 11.9. The van der Waals surface area contributed by atoms with E-state index >= 15 is 0 Å². The molecule has 0 aliphatic carbocycles. The molecule has 1 N–H and O–H groups in total. The van der Waals surface area contributed by atoms with Gasteiger partial charge in [0.1, 0.15) is 17.3 Å². The van der Waals surface area contributed by atoms with E-state index in [1.807, 2.05) is 12.1 Å². The van der Waals surface area contributed by atoms with Crippen molar-refractivity contribution >= 4 is 11.9 Å². The van der Waals surface area contributed by atoms with Crippen molar-refractivity contribution in [2.75, 3.05) is 33.0 Å². The first-order valence-corrected chi connectivity index (χ1v) is 11.9. The third-order valence-electron chi connectivity index (χ3n) is 6.80. The van der Waals surface area contributed by atoms with Crippen LogP contribution in [0.1, 0.15) is 27.0 Å². The molecule has 3 aromatic rings. The van der Waals surface area contributed by atoms with Gasteiger partial charge in [0, 0.05) is 44.8 Å². The summed E-state index contributed by atoms with van der Waals surface area (Å²) in [7, 11) is 0. The lowest BCUT2D eigenvalue weighted by molar-refractivity contribution is 0.101. The van der Waals surface area contributed by atoms with E-state index in [0.29, 0.717) is 23.4 Å². The first-order chi connectivity index (χ1) is 17.5. The van der Waals surface area contributed by atoms with Crippen LogP contribution in [0.5, 0.6) is 23.0 Å². The highest BCUT2D eigenvalue weighted by Gasteiger charge is 2.32. The minimum atomic E-state index is -0.431. The second-order valence-corrected chi connectivity index (χ2v) is 9.14. The van der Waals surface area contributed by atoms with Gasteiger partial charge in [-0.15, -0.1) is 0 Å². The number of phenols is 1. The SMILES string of the molecule is O=C1/C(=C/c2ccccc2F)Oc2c1ccc(O)c2CN1CCN(Cc2ccc3c(c2)OCO3)CC1. The molecule has 3 aliphatic rings. The predicted octanol–water partition coefficient (Wildman–Crippen LogP) is 4.19. The van der Waals surface area contributed by atoms with Gasteiger partial charge >= 0.3 is 0 Å². The Hall–Kier alpha value is -3.88. The van der Waals surface area contributed by atoms with Gasteiger partial charge in [-0.2, -0.15) is 0 Å². The first kappa shape index (κ1) is 22.6. The average Bonchev–Trinajstić information content (AvgIpc) is 3.47. The summed E-state index contributed by atoms with van der Waals surface area (Å²) < 4.78 is 30.9. The molecule has 0 radical (unpaired) electrons. The van der Waals surface area contributed by atoms with Crippen molar-refractivity contribution in [2.24, 2.45) is 0 Å². The monoisotopic (exact) mass is 488 g/mol. The molecule has 0 saturated carbocycles. The Morgan fingerprint density at radius 1 is 0.917 bits per heavy atom. The van der Waals surface area contributed by atoms with Crippen LogP contribution >= 0.6 is 0 Å². The highest BCUT2D eigenvalue weighted by molar-refractivity contribution is 6.15. The van der Waals surface area contributed by atoms with Gasteiger partial charge in [-0.25, -0.2) is 4.39 Å². The lowest BCUT2D eigenvalue weighted by Gasteiger charge is -2.35. The van der Waals surface area contributed by atoms with Crippen molar-refractivity contribution in [3.05, 3.63) is 88.4 Å². The van der Waals surface area contributed by atoms with Crippen LogP contribution < -0.4 is 14.2 Å². The number of nitrogens with zero attached hydrogens (tertiary/aromatic N) is 2. The van der Waals surface area contributed by atoms with Gasteiger partial charge in [-0.05, 0) is 42.0 Å². The molecule has 3 heterocycles. The van der Waals surface area contributed by atoms with Crippen molar-refractivity contribution in [1.82, 2.24) is 9.80 Å². The van der Waals surface area contributed by atoms with Crippen molar-refractivity contribution in [2.45, 2.75) is 13.1 Å². The summed E-state index contributed by atoms with van der Waals surface area (Å²) >= 11 is 0. The van der Waals surface area contributed by atoms with E-state index in [2.05, 4.69) is 15.9 Å². The standard InChI is InChI=1S/C28H25FN2O5/c29-22-4-2-1-3-19(22)14-26-27(33)20-6-7-23(32)21(28(20)36-26)16-31-11-9-30(10-12-31)15-18-5-8-24-25(13-18)35-17-34-24/h1-8,13-14,32H,9-12,15-17H2/b26-14-. The topological polar surface area (TPSA) is 71.5 Å². The van der Waals surface area contributed by atoms with Gasteiger partial charge in [0.25, 0.3) is 0 Å². The average molecular weight is 489 g/mol. The number of ether oxygens (including phenoxy) is 3. The van der Waals surface area contributed by atoms with Crippen LogP contribution in [-0.2, 0) is 13.1 Å². The van der Waals surface area contributed by atoms with E-state index in [1.165, 1.54) is 23.8 Å². The number of hydrogen-bond donors (Lipinski definition) is 1. The van der Waals surface area contributed by atoms with E-state index in [1.54, 1.807) is 24.3 Å². The second kappa shape index (κ2) is 9.29. The molecule has 36 heavy (non-hydrogen) atoms. The molecule has 0 bridgehead atoms. The highest BCUT2D eigenvalue weighted by Crippen LogP contribution is 2.40. The fraction of sp³-hybridized carbons (Fsp3) is 0.250. The van der Waals surface area contributed by atoms with Crippen LogP contribution in [-0.4, -0.2) is 53.7 Å². The maximum absolute atomic E-state index is 14.1. The smallest absolute Gasteiger partial charge is 0.231 e. The van der Waals surface area contributed by atoms with Gasteiger partial charge in [0.2, 0.25) is 12.6 Å². The summed E-state index contributed by atoms with van der Waals surface area (Å²) in [5.74, 6) is 1.31. The molecule has 0 atom stereocenters. The highest BCUT2D eigenvalue weighted by atomic mass is 19.1. The number of Topliss-reactive ketones (excluding diaryl/α,β-unsaturated/α-hetero) is 1. The van der Waals surface area contributed by atoms with Gasteiger partial charge in [-0.3, -0.25) is 14.6 Å². The van der Waals surface area contributed by atoms with E-state index in [4.69, 9.17) is 14.2 Å². The molecule has 8 heteroatoms. The van der Waals surface area contributed by atoms with Crippen molar-refractivity contribution in [3.8, 4) is 23.0 Å². The number of benzene rings is 3. The Bertz CT molecular complexity index is 1360. The van der Waals surface area contributed by atoms with Gasteiger partial charge in [0.15, 0.2) is 17.3 Å². The number of phenolic OH excluding ortho intramolecular Hbond substituents is 1. The Kier molecular flexibility index (Phi) is 5.83. The molecule has 0 amide bonds. The number of ketones is 1. The lowest BCUT2D eigenvalue weighted by atomic mass is 10.0. The third-order valence-corrected chi connectivity index (χ3v) is 6.80. The number of aromatic hydroxyl groups is 1. The second-order valence-electron chi connectivity index (χ2n) is 9.14. The Labute approximate surface area is 207 Å². The number of rotatable bonds is 5. The summed E-state index contributed by atoms with van der Waals surface area (Å²) in [6, 6.07) is 15.3. The number of carbonyl (C=O) groups excluding carboxylic acids is 1. The van der Waals surface area contributed by atoms with E-state index in [-0.39, 0.29) is 29.6 Å². The third kappa shape index (κ3) is 4.29. The lowest BCUT2D eigenvalue weighted by Crippen LogP contribution is -2.45. The van der Waals surface area contributed by atoms with E-state index in [0.717, 1.165) is 44.2 Å². The van der Waals surface area contributed by atoms with Crippen molar-refractivity contribution in [1.29, 1.82) is 0 Å². The molecule has 3 aliphatic heterocycles. The molecule has 1 fully saturated rings. The summed E-state index contributed by atoms with van der Waals surface area (Å²) in [6.45, 7) is 4.87. The summed E-state index contributed by atoms with van der Waals surface area (Å²) in [6.07, 6.45) is 1.41. The van der Waals surface area contributed by atoms with Gasteiger partial charge < -0.3 is 19.3 Å². The van der Waals surface area contributed by atoms with Gasteiger partial charge in [0.05, 0.1) is 11.1 Å². The van der Waals surface area contributed by atoms with Crippen LogP contribution in [0.3, 0.4) is 0 Å². The number of allylic oxidation sites excluding steroid dienone is 1. The minimum Gasteiger partial charge on any atom is -0.507 e. The maximum Gasteiger partial charge on any atom is 0.231 e. The molecular formula is C28H25FN2O5. The van der Waals surface area contributed by atoms with Crippen molar-refractivity contribution < 1.29 is 28.5 Å². The number of carbonyl (C=O) groups is 1. The molecule has 0 unspecified atom stereocenters. The van der Waals surface area contributed by atoms with Crippen LogP contribution in [0.15, 0.2) is 60.4 Å². The maximum atomic E-state index is 14.1. The summed E-state index contributed by atoms with van der Waals surface area (Å²) in [4.78, 5) is 17.5. The number of fused-ring (bicyclic) bond motifs is 2. The molecule has 7 nitrogen and oxygen atoms in total. The fourth-order valence-corrected chi connectivity index (χ4v) is 4.81. The Morgan fingerprint density at radius 3 is 2.47 bits per heavy atom. The molecule has 0 spiro atoms. The quantitative estimate of drug-likeness (QED) is 0.540. The number of halogens is 1. The molecule has 0 aromatic heterocycles. The zero-order chi connectivity index (χ0) is 24.6. The van der Waals surface area contributed by atoms with Crippen molar-refractivity contribution in [3.63, 3.8) is 0 Å². The largest absolute Gasteiger partial charge is 0.507 e. The Morgan fingerprint density at radius 2 is 1.67 bits per heavy atom. The zero-order valence-corrected chi connectivity index (χ0v) is 19.6.